The molecule has 1 aromatic rings. The molecule has 0 saturated carbocycles. The van der Waals surface area contributed by atoms with Gasteiger partial charge in [-0.05, 0) is 24.5 Å². The van der Waals surface area contributed by atoms with Crippen molar-refractivity contribution < 1.29 is 4.74 Å². The molecule has 1 unspecified atom stereocenters. The third-order valence-corrected chi connectivity index (χ3v) is 3.34. The Bertz CT molecular complexity index is 514. The summed E-state index contributed by atoms with van der Waals surface area (Å²) in [6, 6.07) is 10.1. The fraction of sp³-hybridized carbons (Fsp3) is 0.333. The molecule has 0 heterocycles. The molecule has 0 radical (unpaired) electrons. The van der Waals surface area contributed by atoms with Crippen molar-refractivity contribution in [3.8, 4) is 24.2 Å². The van der Waals surface area contributed by atoms with Gasteiger partial charge in [0.15, 0.2) is 0 Å². The van der Waals surface area contributed by atoms with Gasteiger partial charge in [-0.25, -0.2) is 0 Å². The largest absolute Gasteiger partial charge is 0.364 e. The van der Waals surface area contributed by atoms with Gasteiger partial charge in [0.25, 0.3) is 0 Å². The molecular weight excluding hydrogens is 312 g/mol. The number of ether oxygens (including phenoxy) is 1. The maximum atomic E-state index is 5.39. The van der Waals surface area contributed by atoms with Crippen LogP contribution >= 0.6 is 15.9 Å². The lowest BCUT2D eigenvalue weighted by Gasteiger charge is -2.07. The SMILES string of the molecule is C#CCCCCC#CC(OC)/C(Br)=C/c1ccccc1. The monoisotopic (exact) mass is 330 g/mol. The lowest BCUT2D eigenvalue weighted by atomic mass is 10.1. The van der Waals surface area contributed by atoms with Gasteiger partial charge >= 0.3 is 0 Å². The van der Waals surface area contributed by atoms with E-state index in [4.69, 9.17) is 11.2 Å². The molecule has 0 aliphatic carbocycles. The van der Waals surface area contributed by atoms with Crippen LogP contribution in [0.1, 0.15) is 31.2 Å². The summed E-state index contributed by atoms with van der Waals surface area (Å²) in [6.07, 6.45) is 10.8. The van der Waals surface area contributed by atoms with Crippen LogP contribution in [0.2, 0.25) is 0 Å². The maximum Gasteiger partial charge on any atom is 0.149 e. The standard InChI is InChI=1S/C18H19BrO/c1-3-4-5-6-7-11-14-18(20-2)17(19)15-16-12-9-8-10-13-16/h1,8-10,12-13,15,18H,4-7H2,2H3/b17-15-. The third kappa shape index (κ3) is 6.62. The van der Waals surface area contributed by atoms with Crippen LogP contribution in [-0.4, -0.2) is 13.2 Å². The van der Waals surface area contributed by atoms with Crippen LogP contribution in [0, 0.1) is 24.2 Å². The molecule has 0 aliphatic heterocycles. The summed E-state index contributed by atoms with van der Waals surface area (Å²) in [6.45, 7) is 0. The number of halogens is 1. The second kappa shape index (κ2) is 10.3. The molecule has 0 aliphatic rings. The van der Waals surface area contributed by atoms with Gasteiger partial charge in [-0.1, -0.05) is 52.2 Å². The van der Waals surface area contributed by atoms with Gasteiger partial charge in [0.05, 0.1) is 0 Å². The predicted molar refractivity (Wildman–Crippen MR) is 89.2 cm³/mol. The molecule has 0 spiro atoms. The first-order chi connectivity index (χ1) is 9.77. The fourth-order valence-corrected chi connectivity index (χ4v) is 2.20. The number of hydrogen-bond acceptors (Lipinski definition) is 1. The molecule has 1 rings (SSSR count). The van der Waals surface area contributed by atoms with Crippen molar-refractivity contribution in [2.75, 3.05) is 7.11 Å². The van der Waals surface area contributed by atoms with Gasteiger partial charge in [-0.15, -0.1) is 18.3 Å². The summed E-state index contributed by atoms with van der Waals surface area (Å²) >= 11 is 3.54. The summed E-state index contributed by atoms with van der Waals surface area (Å²) in [5.74, 6) is 8.91. The first kappa shape index (κ1) is 16.6. The van der Waals surface area contributed by atoms with Crippen molar-refractivity contribution >= 4 is 22.0 Å². The van der Waals surface area contributed by atoms with E-state index in [1.165, 1.54) is 0 Å². The molecule has 20 heavy (non-hydrogen) atoms. The highest BCUT2D eigenvalue weighted by Gasteiger charge is 2.06. The van der Waals surface area contributed by atoms with Gasteiger partial charge in [-0.2, -0.15) is 0 Å². The van der Waals surface area contributed by atoms with E-state index in [-0.39, 0.29) is 6.10 Å². The first-order valence-corrected chi connectivity index (χ1v) is 7.44. The van der Waals surface area contributed by atoms with Gasteiger partial charge < -0.3 is 4.74 Å². The Kier molecular flexibility index (Phi) is 8.56. The number of benzene rings is 1. The van der Waals surface area contributed by atoms with Crippen molar-refractivity contribution in [1.82, 2.24) is 0 Å². The van der Waals surface area contributed by atoms with Crippen molar-refractivity contribution in [3.63, 3.8) is 0 Å². The topological polar surface area (TPSA) is 9.23 Å². The van der Waals surface area contributed by atoms with Gasteiger partial charge in [0, 0.05) is 24.4 Å². The van der Waals surface area contributed by atoms with Crippen molar-refractivity contribution in [2.24, 2.45) is 0 Å². The Morgan fingerprint density at radius 1 is 1.30 bits per heavy atom. The Morgan fingerprint density at radius 2 is 2.00 bits per heavy atom. The van der Waals surface area contributed by atoms with E-state index in [9.17, 15) is 0 Å². The highest BCUT2D eigenvalue weighted by molar-refractivity contribution is 9.11. The Morgan fingerprint density at radius 3 is 2.65 bits per heavy atom. The zero-order valence-electron chi connectivity index (χ0n) is 11.7. The molecule has 1 atom stereocenters. The maximum absolute atomic E-state index is 5.39. The smallest absolute Gasteiger partial charge is 0.149 e. The van der Waals surface area contributed by atoms with Crippen LogP contribution in [0.4, 0.5) is 0 Å². The lowest BCUT2D eigenvalue weighted by Crippen LogP contribution is -2.07. The molecule has 1 nitrogen and oxygen atoms in total. The van der Waals surface area contributed by atoms with E-state index < -0.39 is 0 Å². The number of rotatable bonds is 6. The molecule has 0 bridgehead atoms. The van der Waals surface area contributed by atoms with Crippen LogP contribution in [0.5, 0.6) is 0 Å². The summed E-state index contributed by atoms with van der Waals surface area (Å²) in [4.78, 5) is 0. The van der Waals surface area contributed by atoms with Gasteiger partial charge in [0.2, 0.25) is 0 Å². The lowest BCUT2D eigenvalue weighted by molar-refractivity contribution is 0.183. The average Bonchev–Trinajstić information content (AvgIpc) is 2.47. The second-order valence-electron chi connectivity index (χ2n) is 4.29. The molecule has 0 saturated heterocycles. The predicted octanol–water partition coefficient (Wildman–Crippen LogP) is 4.63. The van der Waals surface area contributed by atoms with Crippen molar-refractivity contribution in [3.05, 3.63) is 40.4 Å². The van der Waals surface area contributed by atoms with Gasteiger partial charge in [-0.3, -0.25) is 0 Å². The minimum Gasteiger partial charge on any atom is -0.364 e. The highest BCUT2D eigenvalue weighted by atomic mass is 79.9. The molecule has 0 aromatic heterocycles. The van der Waals surface area contributed by atoms with Crippen LogP contribution in [0.15, 0.2) is 34.8 Å². The minimum atomic E-state index is -0.220. The molecule has 1 aromatic carbocycles. The van der Waals surface area contributed by atoms with Crippen LogP contribution in [0.3, 0.4) is 0 Å². The number of hydrogen-bond donors (Lipinski definition) is 0. The van der Waals surface area contributed by atoms with E-state index >= 15 is 0 Å². The Hall–Kier alpha value is -1.48. The van der Waals surface area contributed by atoms with E-state index in [2.05, 4.69) is 33.7 Å². The quantitative estimate of drug-likeness (QED) is 0.545. The summed E-state index contributed by atoms with van der Waals surface area (Å²) in [5, 5.41) is 0. The number of methoxy groups -OCH3 is 1. The van der Waals surface area contributed by atoms with Crippen molar-refractivity contribution in [2.45, 2.75) is 31.8 Å². The first-order valence-electron chi connectivity index (χ1n) is 6.64. The normalized spacial score (nSPS) is 12.2. The van der Waals surface area contributed by atoms with E-state index in [1.54, 1.807) is 7.11 Å². The average molecular weight is 331 g/mol. The van der Waals surface area contributed by atoms with E-state index in [0.29, 0.717) is 0 Å². The Balaban J connectivity index is 2.56. The van der Waals surface area contributed by atoms with Gasteiger partial charge in [0.1, 0.15) is 6.10 Å². The number of unbranched alkanes of at least 4 members (excludes halogenated alkanes) is 3. The molecule has 2 heteroatoms. The van der Waals surface area contributed by atoms with Crippen molar-refractivity contribution in [1.29, 1.82) is 0 Å². The zero-order chi connectivity index (χ0) is 14.6. The highest BCUT2D eigenvalue weighted by Crippen LogP contribution is 2.18. The fourth-order valence-electron chi connectivity index (χ4n) is 1.63. The summed E-state index contributed by atoms with van der Waals surface area (Å²) in [5.41, 5.74) is 1.12. The third-order valence-electron chi connectivity index (χ3n) is 2.70. The summed E-state index contributed by atoms with van der Waals surface area (Å²) < 4.78 is 6.32. The minimum absolute atomic E-state index is 0.220. The van der Waals surface area contributed by atoms with E-state index in [1.807, 2.05) is 36.4 Å². The molecular formula is C18H19BrO. The molecule has 104 valence electrons. The molecule has 0 fully saturated rings. The second-order valence-corrected chi connectivity index (χ2v) is 5.20. The van der Waals surface area contributed by atoms with Crippen LogP contribution < -0.4 is 0 Å². The molecule has 0 amide bonds. The number of terminal acetylenes is 1. The Labute approximate surface area is 130 Å². The molecule has 0 N–H and O–H groups in total. The van der Waals surface area contributed by atoms with Crippen LogP contribution in [0.25, 0.3) is 6.08 Å². The zero-order valence-corrected chi connectivity index (χ0v) is 13.3. The summed E-state index contributed by atoms with van der Waals surface area (Å²) in [7, 11) is 1.66. The van der Waals surface area contributed by atoms with Crippen LogP contribution in [-0.2, 0) is 4.74 Å². The van der Waals surface area contributed by atoms with E-state index in [0.717, 1.165) is 35.7 Å².